The van der Waals surface area contributed by atoms with Gasteiger partial charge in [0, 0.05) is 24.9 Å². The Morgan fingerprint density at radius 2 is 1.67 bits per heavy atom. The Kier molecular flexibility index (Phi) is 5.26. The van der Waals surface area contributed by atoms with Gasteiger partial charge in [-0.15, -0.1) is 0 Å². The van der Waals surface area contributed by atoms with Crippen LogP contribution in [-0.4, -0.2) is 30.0 Å². The zero-order chi connectivity index (χ0) is 17.7. The van der Waals surface area contributed by atoms with Crippen LogP contribution in [0.15, 0.2) is 54.6 Å². The second-order valence-corrected chi connectivity index (χ2v) is 5.08. The van der Waals surface area contributed by atoms with E-state index >= 15 is 0 Å². The first-order chi connectivity index (χ1) is 11.4. The van der Waals surface area contributed by atoms with Crippen molar-refractivity contribution in [2.75, 3.05) is 11.9 Å². The lowest BCUT2D eigenvalue weighted by molar-refractivity contribution is -0.384. The molecule has 7 nitrogen and oxygen atoms in total. The number of hydrogen-bond acceptors (Lipinski definition) is 5. The molecule has 2 aromatic carbocycles. The molecule has 124 valence electrons. The highest BCUT2D eigenvalue weighted by atomic mass is 16.6. The van der Waals surface area contributed by atoms with E-state index < -0.39 is 17.0 Å². The molecule has 2 rings (SSSR count). The maximum absolute atomic E-state index is 12.3. The van der Waals surface area contributed by atoms with Crippen LogP contribution in [0.5, 0.6) is 0 Å². The first kappa shape index (κ1) is 17.1. The summed E-state index contributed by atoms with van der Waals surface area (Å²) in [6, 6.07) is 14.0. The van der Waals surface area contributed by atoms with Gasteiger partial charge in [0.2, 0.25) is 0 Å². The van der Waals surface area contributed by atoms with Crippen molar-refractivity contribution < 1.29 is 19.2 Å². The molecule has 0 aliphatic rings. The van der Waals surface area contributed by atoms with Crippen LogP contribution in [0.25, 0.3) is 0 Å². The molecule has 0 aromatic heterocycles. The van der Waals surface area contributed by atoms with Gasteiger partial charge >= 0.3 is 5.97 Å². The van der Waals surface area contributed by atoms with E-state index in [2.05, 4.69) is 0 Å². The van der Waals surface area contributed by atoms with Crippen LogP contribution in [-0.2, 0) is 9.53 Å². The number of rotatable bonds is 5. The van der Waals surface area contributed by atoms with E-state index in [1.54, 1.807) is 31.3 Å². The lowest BCUT2D eigenvalue weighted by atomic mass is 10.2. The number of anilines is 1. The summed E-state index contributed by atoms with van der Waals surface area (Å²) in [5.74, 6) is -1.09. The van der Waals surface area contributed by atoms with Gasteiger partial charge in [0.25, 0.3) is 11.6 Å². The summed E-state index contributed by atoms with van der Waals surface area (Å²) in [5, 5.41) is 10.6. The standard InChI is InChI=1S/C17H16N2O5/c1-12(16(20)18(2)14-6-4-3-5-7-14)24-17(21)13-8-10-15(11-9-13)19(22)23/h3-12H,1-2H3/t12-/m0/s1. The first-order valence-corrected chi connectivity index (χ1v) is 7.18. The molecule has 1 atom stereocenters. The Hall–Kier alpha value is -3.22. The molecule has 0 spiro atoms. The van der Waals surface area contributed by atoms with Crippen molar-refractivity contribution in [2.24, 2.45) is 0 Å². The number of nitro groups is 1. The van der Waals surface area contributed by atoms with Gasteiger partial charge < -0.3 is 9.64 Å². The van der Waals surface area contributed by atoms with Crippen molar-refractivity contribution in [3.8, 4) is 0 Å². The summed E-state index contributed by atoms with van der Waals surface area (Å²) in [6.45, 7) is 1.48. The smallest absolute Gasteiger partial charge is 0.338 e. The molecule has 0 heterocycles. The zero-order valence-corrected chi connectivity index (χ0v) is 13.2. The highest BCUT2D eigenvalue weighted by Gasteiger charge is 2.23. The normalized spacial score (nSPS) is 11.4. The van der Waals surface area contributed by atoms with Crippen molar-refractivity contribution >= 4 is 23.3 Å². The van der Waals surface area contributed by atoms with Crippen LogP contribution in [0.1, 0.15) is 17.3 Å². The van der Waals surface area contributed by atoms with Gasteiger partial charge in [-0.2, -0.15) is 0 Å². The van der Waals surface area contributed by atoms with E-state index in [4.69, 9.17) is 4.74 Å². The maximum atomic E-state index is 12.3. The Balaban J connectivity index is 2.02. The van der Waals surface area contributed by atoms with Crippen molar-refractivity contribution in [2.45, 2.75) is 13.0 Å². The van der Waals surface area contributed by atoms with Gasteiger partial charge in [-0.05, 0) is 31.2 Å². The number of likely N-dealkylation sites (N-methyl/N-ethyl adjacent to an activating group) is 1. The SMILES string of the molecule is C[C@H](OC(=O)c1ccc([N+](=O)[O-])cc1)C(=O)N(C)c1ccccc1. The molecule has 1 amide bonds. The third kappa shape index (κ3) is 3.95. The summed E-state index contributed by atoms with van der Waals surface area (Å²) < 4.78 is 5.14. The van der Waals surface area contributed by atoms with E-state index in [0.29, 0.717) is 5.69 Å². The van der Waals surface area contributed by atoms with Crippen LogP contribution in [0.2, 0.25) is 0 Å². The molecule has 0 fully saturated rings. The third-order valence-corrected chi connectivity index (χ3v) is 3.42. The Morgan fingerprint density at radius 1 is 1.08 bits per heavy atom. The topological polar surface area (TPSA) is 89.7 Å². The van der Waals surface area contributed by atoms with Crippen molar-refractivity contribution in [1.82, 2.24) is 0 Å². The van der Waals surface area contributed by atoms with E-state index in [9.17, 15) is 19.7 Å². The minimum atomic E-state index is -0.988. The van der Waals surface area contributed by atoms with Gasteiger partial charge in [0.05, 0.1) is 10.5 Å². The third-order valence-electron chi connectivity index (χ3n) is 3.42. The average Bonchev–Trinajstić information content (AvgIpc) is 2.61. The monoisotopic (exact) mass is 328 g/mol. The molecule has 2 aromatic rings. The van der Waals surface area contributed by atoms with E-state index in [0.717, 1.165) is 0 Å². The number of para-hydroxylation sites is 1. The molecule has 0 N–H and O–H groups in total. The quantitative estimate of drug-likeness (QED) is 0.478. The number of hydrogen-bond donors (Lipinski definition) is 0. The second-order valence-electron chi connectivity index (χ2n) is 5.08. The lowest BCUT2D eigenvalue weighted by Crippen LogP contribution is -2.37. The molecule has 0 bridgehead atoms. The predicted molar refractivity (Wildman–Crippen MR) is 87.8 cm³/mol. The fourth-order valence-corrected chi connectivity index (χ4v) is 2.05. The van der Waals surface area contributed by atoms with Crippen molar-refractivity contribution in [3.05, 3.63) is 70.3 Å². The van der Waals surface area contributed by atoms with E-state index in [1.807, 2.05) is 6.07 Å². The highest BCUT2D eigenvalue weighted by molar-refractivity contribution is 5.98. The number of carbonyl (C=O) groups is 2. The summed E-state index contributed by atoms with van der Waals surface area (Å²) in [6.07, 6.45) is -0.988. The van der Waals surface area contributed by atoms with E-state index in [-0.39, 0.29) is 17.2 Å². The second kappa shape index (κ2) is 7.36. The molecule has 0 aliphatic heterocycles. The summed E-state index contributed by atoms with van der Waals surface area (Å²) in [4.78, 5) is 35.8. The van der Waals surface area contributed by atoms with Crippen LogP contribution in [0.3, 0.4) is 0 Å². The van der Waals surface area contributed by atoms with Crippen LogP contribution >= 0.6 is 0 Å². The molecule has 0 saturated heterocycles. The van der Waals surface area contributed by atoms with Crippen molar-refractivity contribution in [1.29, 1.82) is 0 Å². The number of nitrogens with zero attached hydrogens (tertiary/aromatic N) is 2. The number of nitro benzene ring substituents is 1. The minimum Gasteiger partial charge on any atom is -0.449 e. The summed E-state index contributed by atoms with van der Waals surface area (Å²) in [7, 11) is 1.59. The maximum Gasteiger partial charge on any atom is 0.338 e. The molecule has 0 radical (unpaired) electrons. The predicted octanol–water partition coefficient (Wildman–Crippen LogP) is 2.80. The minimum absolute atomic E-state index is 0.125. The molecule has 0 unspecified atom stereocenters. The van der Waals surface area contributed by atoms with E-state index in [1.165, 1.54) is 36.1 Å². The molecule has 0 aliphatic carbocycles. The van der Waals surface area contributed by atoms with Crippen LogP contribution in [0.4, 0.5) is 11.4 Å². The average molecular weight is 328 g/mol. The largest absolute Gasteiger partial charge is 0.449 e. The number of carbonyl (C=O) groups excluding carboxylic acids is 2. The Labute approximate surface area is 138 Å². The first-order valence-electron chi connectivity index (χ1n) is 7.18. The number of esters is 1. The number of non-ortho nitro benzene ring substituents is 1. The fourth-order valence-electron chi connectivity index (χ4n) is 2.05. The zero-order valence-electron chi connectivity index (χ0n) is 13.2. The Bertz CT molecular complexity index is 743. The molecule has 7 heteroatoms. The molecule has 0 saturated carbocycles. The van der Waals surface area contributed by atoms with Gasteiger partial charge in [0.1, 0.15) is 0 Å². The number of benzene rings is 2. The molecule has 24 heavy (non-hydrogen) atoms. The molecular weight excluding hydrogens is 312 g/mol. The van der Waals surface area contributed by atoms with Crippen LogP contribution < -0.4 is 4.90 Å². The van der Waals surface area contributed by atoms with Crippen molar-refractivity contribution in [3.63, 3.8) is 0 Å². The fraction of sp³-hybridized carbons (Fsp3) is 0.176. The Morgan fingerprint density at radius 3 is 2.21 bits per heavy atom. The van der Waals surface area contributed by atoms with Gasteiger partial charge in [-0.25, -0.2) is 4.79 Å². The lowest BCUT2D eigenvalue weighted by Gasteiger charge is -2.21. The number of amides is 1. The number of ether oxygens (including phenoxy) is 1. The van der Waals surface area contributed by atoms with Gasteiger partial charge in [-0.3, -0.25) is 14.9 Å². The highest BCUT2D eigenvalue weighted by Crippen LogP contribution is 2.16. The van der Waals surface area contributed by atoms with Crippen LogP contribution in [0, 0.1) is 10.1 Å². The summed E-state index contributed by atoms with van der Waals surface area (Å²) >= 11 is 0. The molecular formula is C17H16N2O5. The van der Waals surface area contributed by atoms with Gasteiger partial charge in [-0.1, -0.05) is 18.2 Å². The summed E-state index contributed by atoms with van der Waals surface area (Å²) in [5.41, 5.74) is 0.697. The van der Waals surface area contributed by atoms with Gasteiger partial charge in [0.15, 0.2) is 6.10 Å².